The number of nitrogens with zero attached hydrogens (tertiary/aromatic N) is 3. The van der Waals surface area contributed by atoms with E-state index in [0.717, 1.165) is 57.2 Å². The first-order valence-corrected chi connectivity index (χ1v) is 7.01. The summed E-state index contributed by atoms with van der Waals surface area (Å²) in [7, 11) is 1.89. The van der Waals surface area contributed by atoms with Crippen LogP contribution in [0.1, 0.15) is 12.1 Å². The SMILES string of the molecule is CNc1cccc(CN2CCCN(CCO)CC2)n1. The van der Waals surface area contributed by atoms with Gasteiger partial charge in [0.25, 0.3) is 0 Å². The van der Waals surface area contributed by atoms with Crippen molar-refractivity contribution in [3.63, 3.8) is 0 Å². The van der Waals surface area contributed by atoms with Gasteiger partial charge < -0.3 is 10.4 Å². The van der Waals surface area contributed by atoms with Gasteiger partial charge in [-0.2, -0.15) is 0 Å². The molecule has 2 heterocycles. The second-order valence-corrected chi connectivity index (χ2v) is 4.96. The second kappa shape index (κ2) is 7.43. The molecule has 1 aliphatic rings. The summed E-state index contributed by atoms with van der Waals surface area (Å²) in [5.74, 6) is 0.925. The van der Waals surface area contributed by atoms with Crippen LogP contribution in [0.15, 0.2) is 18.2 Å². The lowest BCUT2D eigenvalue weighted by Crippen LogP contribution is -2.32. The van der Waals surface area contributed by atoms with Crippen molar-refractivity contribution in [1.82, 2.24) is 14.8 Å². The molecule has 1 aromatic heterocycles. The van der Waals surface area contributed by atoms with Crippen molar-refractivity contribution in [3.8, 4) is 0 Å². The summed E-state index contributed by atoms with van der Waals surface area (Å²) in [6.07, 6.45) is 1.16. The lowest BCUT2D eigenvalue weighted by Gasteiger charge is -2.21. The number of β-amino-alcohol motifs (C(OH)–C–C–N with tert-alkyl or cyclic N) is 1. The van der Waals surface area contributed by atoms with Gasteiger partial charge in [0, 0.05) is 33.2 Å². The van der Waals surface area contributed by atoms with Crippen LogP contribution in [0.2, 0.25) is 0 Å². The summed E-state index contributed by atoms with van der Waals surface area (Å²) in [5, 5.41) is 12.1. The van der Waals surface area contributed by atoms with E-state index in [0.29, 0.717) is 0 Å². The first kappa shape index (κ1) is 14.2. The largest absolute Gasteiger partial charge is 0.395 e. The molecule has 0 aliphatic carbocycles. The number of hydrogen-bond acceptors (Lipinski definition) is 5. The molecule has 0 radical (unpaired) electrons. The van der Waals surface area contributed by atoms with Crippen LogP contribution in [0.5, 0.6) is 0 Å². The number of hydrogen-bond donors (Lipinski definition) is 2. The molecule has 19 heavy (non-hydrogen) atoms. The Morgan fingerprint density at radius 1 is 1.21 bits per heavy atom. The minimum absolute atomic E-state index is 0.256. The Bertz CT molecular complexity index is 385. The number of rotatable bonds is 5. The number of pyridine rings is 1. The number of aliphatic hydroxyl groups is 1. The Labute approximate surface area is 115 Å². The molecule has 0 saturated carbocycles. The van der Waals surface area contributed by atoms with E-state index in [9.17, 15) is 0 Å². The van der Waals surface area contributed by atoms with Crippen molar-refractivity contribution in [2.45, 2.75) is 13.0 Å². The van der Waals surface area contributed by atoms with Crippen LogP contribution in [-0.4, -0.2) is 66.3 Å². The smallest absolute Gasteiger partial charge is 0.126 e. The molecule has 1 aromatic rings. The number of aliphatic hydroxyl groups excluding tert-OH is 1. The van der Waals surface area contributed by atoms with E-state index in [1.807, 2.05) is 19.2 Å². The molecule has 5 nitrogen and oxygen atoms in total. The highest BCUT2D eigenvalue weighted by atomic mass is 16.3. The molecular weight excluding hydrogens is 240 g/mol. The lowest BCUT2D eigenvalue weighted by molar-refractivity contribution is 0.195. The molecule has 1 saturated heterocycles. The van der Waals surface area contributed by atoms with Gasteiger partial charge in [0.1, 0.15) is 5.82 Å². The van der Waals surface area contributed by atoms with Crippen molar-refractivity contribution < 1.29 is 5.11 Å². The molecule has 0 atom stereocenters. The number of nitrogens with one attached hydrogen (secondary N) is 1. The molecule has 0 spiro atoms. The monoisotopic (exact) mass is 264 g/mol. The van der Waals surface area contributed by atoms with Gasteiger partial charge in [-0.25, -0.2) is 4.98 Å². The van der Waals surface area contributed by atoms with Gasteiger partial charge in [0.15, 0.2) is 0 Å². The van der Waals surface area contributed by atoms with Crippen LogP contribution < -0.4 is 5.32 Å². The highest BCUT2D eigenvalue weighted by Crippen LogP contribution is 2.09. The molecule has 2 N–H and O–H groups in total. The summed E-state index contributed by atoms with van der Waals surface area (Å²) < 4.78 is 0. The molecule has 0 amide bonds. The molecule has 106 valence electrons. The summed E-state index contributed by atoms with van der Waals surface area (Å²) in [5.41, 5.74) is 1.11. The Morgan fingerprint density at radius 3 is 2.79 bits per heavy atom. The summed E-state index contributed by atoms with van der Waals surface area (Å²) in [4.78, 5) is 9.34. The van der Waals surface area contributed by atoms with Gasteiger partial charge in [-0.15, -0.1) is 0 Å². The molecule has 0 unspecified atom stereocenters. The minimum atomic E-state index is 0.256. The maximum absolute atomic E-state index is 9.00. The second-order valence-electron chi connectivity index (χ2n) is 4.96. The van der Waals surface area contributed by atoms with E-state index >= 15 is 0 Å². The molecule has 1 aliphatic heterocycles. The Kier molecular flexibility index (Phi) is 5.57. The Morgan fingerprint density at radius 2 is 2.00 bits per heavy atom. The van der Waals surface area contributed by atoms with Gasteiger partial charge in [-0.3, -0.25) is 9.80 Å². The number of anilines is 1. The highest BCUT2D eigenvalue weighted by Gasteiger charge is 2.14. The Balaban J connectivity index is 1.88. The molecule has 0 bridgehead atoms. The first-order chi connectivity index (χ1) is 9.31. The predicted octanol–water partition coefficient (Wildman–Crippen LogP) is 0.623. The minimum Gasteiger partial charge on any atom is -0.395 e. The third-order valence-corrected chi connectivity index (χ3v) is 3.55. The maximum atomic E-state index is 9.00. The van der Waals surface area contributed by atoms with E-state index in [2.05, 4.69) is 26.2 Å². The van der Waals surface area contributed by atoms with Crippen molar-refractivity contribution in [1.29, 1.82) is 0 Å². The predicted molar refractivity (Wildman–Crippen MR) is 77.2 cm³/mol. The van der Waals surface area contributed by atoms with Gasteiger partial charge >= 0.3 is 0 Å². The van der Waals surface area contributed by atoms with Crippen molar-refractivity contribution >= 4 is 5.82 Å². The average Bonchev–Trinajstić information content (AvgIpc) is 2.65. The molecular formula is C14H24N4O. The van der Waals surface area contributed by atoms with Gasteiger partial charge in [-0.1, -0.05) is 6.07 Å². The summed E-state index contributed by atoms with van der Waals surface area (Å²) in [6, 6.07) is 6.11. The summed E-state index contributed by atoms with van der Waals surface area (Å²) in [6.45, 7) is 6.22. The van der Waals surface area contributed by atoms with Crippen LogP contribution in [0.25, 0.3) is 0 Å². The fraction of sp³-hybridized carbons (Fsp3) is 0.643. The third-order valence-electron chi connectivity index (χ3n) is 3.55. The zero-order valence-corrected chi connectivity index (χ0v) is 11.7. The zero-order chi connectivity index (χ0) is 13.5. The van der Waals surface area contributed by atoms with E-state index < -0.39 is 0 Å². The van der Waals surface area contributed by atoms with E-state index in [1.54, 1.807) is 0 Å². The van der Waals surface area contributed by atoms with Gasteiger partial charge in [0.05, 0.1) is 12.3 Å². The molecule has 1 fully saturated rings. The van der Waals surface area contributed by atoms with Crippen molar-refractivity contribution in [3.05, 3.63) is 23.9 Å². The van der Waals surface area contributed by atoms with Crippen molar-refractivity contribution in [2.75, 3.05) is 51.7 Å². The van der Waals surface area contributed by atoms with E-state index in [4.69, 9.17) is 5.11 Å². The summed E-state index contributed by atoms with van der Waals surface area (Å²) >= 11 is 0. The van der Waals surface area contributed by atoms with E-state index in [1.165, 1.54) is 0 Å². The molecule has 2 rings (SSSR count). The van der Waals surface area contributed by atoms with Gasteiger partial charge in [-0.05, 0) is 31.6 Å². The fourth-order valence-corrected chi connectivity index (χ4v) is 2.48. The standard InChI is InChI=1S/C14H24N4O/c1-15-14-5-2-4-13(16-14)12-18-7-3-6-17(8-9-18)10-11-19/h2,4-5,19H,3,6-12H2,1H3,(H,15,16). The Hall–Kier alpha value is -1.17. The van der Waals surface area contributed by atoms with Crippen molar-refractivity contribution in [2.24, 2.45) is 0 Å². The lowest BCUT2D eigenvalue weighted by atomic mass is 10.3. The molecule has 0 aromatic carbocycles. The van der Waals surface area contributed by atoms with Crippen LogP contribution in [0.4, 0.5) is 5.82 Å². The fourth-order valence-electron chi connectivity index (χ4n) is 2.48. The van der Waals surface area contributed by atoms with E-state index in [-0.39, 0.29) is 6.61 Å². The molecule has 5 heteroatoms. The van der Waals surface area contributed by atoms with Gasteiger partial charge in [0.2, 0.25) is 0 Å². The topological polar surface area (TPSA) is 51.6 Å². The number of aromatic nitrogens is 1. The first-order valence-electron chi connectivity index (χ1n) is 7.01. The average molecular weight is 264 g/mol. The quantitative estimate of drug-likeness (QED) is 0.817. The zero-order valence-electron chi connectivity index (χ0n) is 11.7. The normalized spacial score (nSPS) is 18.2. The van der Waals surface area contributed by atoms with Crippen LogP contribution >= 0.6 is 0 Å². The third kappa shape index (κ3) is 4.45. The maximum Gasteiger partial charge on any atom is 0.126 e. The van der Waals surface area contributed by atoms with Crippen LogP contribution in [-0.2, 0) is 6.54 Å². The van der Waals surface area contributed by atoms with Crippen LogP contribution in [0.3, 0.4) is 0 Å². The highest BCUT2D eigenvalue weighted by molar-refractivity contribution is 5.34. The van der Waals surface area contributed by atoms with Crippen LogP contribution in [0, 0.1) is 0 Å².